The Bertz CT molecular complexity index is 326. The van der Waals surface area contributed by atoms with E-state index in [0.29, 0.717) is 6.42 Å². The number of rotatable bonds is 0. The topological polar surface area (TPSA) is 40.5 Å². The first-order chi connectivity index (χ1) is 5.25. The first-order valence-corrected chi connectivity index (χ1v) is 3.39. The van der Waals surface area contributed by atoms with Crippen molar-refractivity contribution in [3.63, 3.8) is 0 Å². The van der Waals surface area contributed by atoms with Gasteiger partial charge in [0.1, 0.15) is 11.5 Å². The average molecular weight is 147 g/mol. The number of benzene rings is 1. The first kappa shape index (κ1) is 6.28. The number of aliphatic hydroxyl groups excluding tert-OH is 1. The van der Waals surface area contributed by atoms with E-state index in [1.54, 1.807) is 18.2 Å². The largest absolute Gasteiger partial charge is 0.511 e. The highest BCUT2D eigenvalue weighted by molar-refractivity contribution is 5.44. The molecule has 1 radical (unpaired) electrons. The predicted octanol–water partition coefficient (Wildman–Crippen LogP) is 1.54. The SMILES string of the molecule is OC1=[C]c2cc(O)ccc2C1. The predicted molar refractivity (Wildman–Crippen MR) is 40.3 cm³/mol. The molecule has 0 spiro atoms. The number of allylic oxidation sites excluding steroid dienone is 1. The Morgan fingerprint density at radius 2 is 2.09 bits per heavy atom. The lowest BCUT2D eigenvalue weighted by Gasteiger charge is -1.96. The van der Waals surface area contributed by atoms with Gasteiger partial charge in [-0.2, -0.15) is 0 Å². The molecule has 0 atom stereocenters. The van der Waals surface area contributed by atoms with Gasteiger partial charge in [0.15, 0.2) is 0 Å². The van der Waals surface area contributed by atoms with Crippen LogP contribution in [0, 0.1) is 6.08 Å². The Kier molecular flexibility index (Phi) is 1.15. The van der Waals surface area contributed by atoms with Crippen LogP contribution in [-0.2, 0) is 6.42 Å². The van der Waals surface area contributed by atoms with Crippen molar-refractivity contribution >= 4 is 0 Å². The summed E-state index contributed by atoms with van der Waals surface area (Å²) >= 11 is 0. The lowest BCUT2D eigenvalue weighted by Crippen LogP contribution is -1.81. The van der Waals surface area contributed by atoms with Crippen LogP contribution in [0.15, 0.2) is 24.0 Å². The van der Waals surface area contributed by atoms with Crippen molar-refractivity contribution in [1.29, 1.82) is 0 Å². The summed E-state index contributed by atoms with van der Waals surface area (Å²) in [6, 6.07) is 5.00. The third-order valence-electron chi connectivity index (χ3n) is 1.73. The normalized spacial score (nSPS) is 14.4. The second-order valence-electron chi connectivity index (χ2n) is 2.59. The fourth-order valence-corrected chi connectivity index (χ4v) is 1.22. The van der Waals surface area contributed by atoms with Gasteiger partial charge in [-0.15, -0.1) is 0 Å². The molecular formula is C9H7O2. The Labute approximate surface area is 64.4 Å². The number of fused-ring (bicyclic) bond motifs is 1. The van der Waals surface area contributed by atoms with E-state index in [9.17, 15) is 0 Å². The Morgan fingerprint density at radius 3 is 2.91 bits per heavy atom. The second-order valence-corrected chi connectivity index (χ2v) is 2.59. The highest BCUT2D eigenvalue weighted by Gasteiger charge is 2.11. The number of aromatic hydroxyl groups is 1. The van der Waals surface area contributed by atoms with E-state index < -0.39 is 0 Å². The van der Waals surface area contributed by atoms with Crippen LogP contribution in [-0.4, -0.2) is 10.2 Å². The van der Waals surface area contributed by atoms with Gasteiger partial charge in [0.2, 0.25) is 0 Å². The molecule has 0 saturated heterocycles. The molecule has 0 aromatic heterocycles. The number of phenolic OH excluding ortho intramolecular Hbond substituents is 1. The maximum Gasteiger partial charge on any atom is 0.116 e. The molecule has 2 heteroatoms. The first-order valence-electron chi connectivity index (χ1n) is 3.39. The van der Waals surface area contributed by atoms with Crippen LogP contribution in [0.4, 0.5) is 0 Å². The molecule has 0 amide bonds. The minimum absolute atomic E-state index is 0.214. The fourth-order valence-electron chi connectivity index (χ4n) is 1.22. The number of hydrogen-bond acceptors (Lipinski definition) is 2. The van der Waals surface area contributed by atoms with Crippen molar-refractivity contribution in [2.45, 2.75) is 6.42 Å². The van der Waals surface area contributed by atoms with Crippen LogP contribution in [0.5, 0.6) is 5.75 Å². The van der Waals surface area contributed by atoms with Gasteiger partial charge in [-0.05, 0) is 23.3 Å². The molecule has 1 aromatic rings. The van der Waals surface area contributed by atoms with Crippen molar-refractivity contribution in [1.82, 2.24) is 0 Å². The van der Waals surface area contributed by atoms with Crippen LogP contribution < -0.4 is 0 Å². The minimum atomic E-state index is 0.214. The molecule has 0 aliphatic heterocycles. The molecule has 1 aromatic carbocycles. The highest BCUT2D eigenvalue weighted by Crippen LogP contribution is 2.24. The summed E-state index contributed by atoms with van der Waals surface area (Å²) in [4.78, 5) is 0. The Balaban J connectivity index is 2.54. The molecule has 0 unspecified atom stereocenters. The van der Waals surface area contributed by atoms with Crippen LogP contribution in [0.3, 0.4) is 0 Å². The zero-order chi connectivity index (χ0) is 7.84. The van der Waals surface area contributed by atoms with Crippen molar-refractivity contribution in [3.05, 3.63) is 41.2 Å². The molecular weight excluding hydrogens is 140 g/mol. The minimum Gasteiger partial charge on any atom is -0.511 e. The fraction of sp³-hybridized carbons (Fsp3) is 0.111. The van der Waals surface area contributed by atoms with E-state index in [1.165, 1.54) is 0 Å². The van der Waals surface area contributed by atoms with E-state index in [4.69, 9.17) is 10.2 Å². The van der Waals surface area contributed by atoms with Gasteiger partial charge in [0, 0.05) is 12.5 Å². The third-order valence-corrected chi connectivity index (χ3v) is 1.73. The summed E-state index contributed by atoms with van der Waals surface area (Å²) in [7, 11) is 0. The second kappa shape index (κ2) is 2.02. The van der Waals surface area contributed by atoms with Gasteiger partial charge in [-0.25, -0.2) is 0 Å². The van der Waals surface area contributed by atoms with E-state index in [1.807, 2.05) is 0 Å². The highest BCUT2D eigenvalue weighted by atomic mass is 16.3. The van der Waals surface area contributed by atoms with Gasteiger partial charge in [0.05, 0.1) is 0 Å². The van der Waals surface area contributed by atoms with Gasteiger partial charge in [-0.1, -0.05) is 6.07 Å². The van der Waals surface area contributed by atoms with Crippen LogP contribution in [0.2, 0.25) is 0 Å². The third kappa shape index (κ3) is 0.963. The summed E-state index contributed by atoms with van der Waals surface area (Å²) in [6.07, 6.45) is 3.29. The zero-order valence-corrected chi connectivity index (χ0v) is 5.83. The van der Waals surface area contributed by atoms with Crippen LogP contribution >= 0.6 is 0 Å². The van der Waals surface area contributed by atoms with Crippen molar-refractivity contribution < 1.29 is 10.2 Å². The van der Waals surface area contributed by atoms with Crippen molar-refractivity contribution in [2.75, 3.05) is 0 Å². The quantitative estimate of drug-likeness (QED) is 0.584. The van der Waals surface area contributed by atoms with Gasteiger partial charge in [-0.3, -0.25) is 0 Å². The molecule has 2 N–H and O–H groups in total. The van der Waals surface area contributed by atoms with Crippen molar-refractivity contribution in [3.8, 4) is 5.75 Å². The molecule has 0 bridgehead atoms. The molecule has 1 aliphatic carbocycles. The number of aliphatic hydroxyl groups is 1. The number of phenols is 1. The molecule has 1 aliphatic rings. The summed E-state index contributed by atoms with van der Waals surface area (Å²) < 4.78 is 0. The maximum atomic E-state index is 9.07. The molecule has 0 fully saturated rings. The Hall–Kier alpha value is -1.44. The summed E-state index contributed by atoms with van der Waals surface area (Å²) in [5, 5.41) is 18.1. The van der Waals surface area contributed by atoms with Crippen LogP contribution in [0.1, 0.15) is 11.1 Å². The van der Waals surface area contributed by atoms with Gasteiger partial charge < -0.3 is 10.2 Å². The van der Waals surface area contributed by atoms with Gasteiger partial charge >= 0.3 is 0 Å². The van der Waals surface area contributed by atoms with E-state index in [-0.39, 0.29) is 11.5 Å². The lowest BCUT2D eigenvalue weighted by atomic mass is 10.1. The van der Waals surface area contributed by atoms with E-state index in [0.717, 1.165) is 11.1 Å². The lowest BCUT2D eigenvalue weighted by molar-refractivity contribution is 0.400. The van der Waals surface area contributed by atoms with Crippen LogP contribution in [0.25, 0.3) is 0 Å². The van der Waals surface area contributed by atoms with Gasteiger partial charge in [0.25, 0.3) is 0 Å². The standard InChI is InChI=1S/C9H7O2/c10-8-2-1-6-3-9(11)5-7(6)4-8/h1-2,4,10-11H,3H2. The summed E-state index contributed by atoms with van der Waals surface area (Å²) in [6.45, 7) is 0. The monoisotopic (exact) mass is 147 g/mol. The van der Waals surface area contributed by atoms with E-state index in [2.05, 4.69) is 6.08 Å². The average Bonchev–Trinajstić information content (AvgIpc) is 2.27. The Morgan fingerprint density at radius 1 is 1.27 bits per heavy atom. The molecule has 55 valence electrons. The molecule has 11 heavy (non-hydrogen) atoms. The molecule has 0 heterocycles. The smallest absolute Gasteiger partial charge is 0.116 e. The number of hydrogen-bond donors (Lipinski definition) is 2. The molecule has 2 nitrogen and oxygen atoms in total. The molecule has 0 saturated carbocycles. The maximum absolute atomic E-state index is 9.07. The molecule has 2 rings (SSSR count). The zero-order valence-electron chi connectivity index (χ0n) is 5.83. The van der Waals surface area contributed by atoms with E-state index >= 15 is 0 Å². The summed E-state index contributed by atoms with van der Waals surface area (Å²) in [5.41, 5.74) is 1.81. The van der Waals surface area contributed by atoms with Crippen molar-refractivity contribution in [2.24, 2.45) is 0 Å². The summed E-state index contributed by atoms with van der Waals surface area (Å²) in [5.74, 6) is 0.455.